The number of rotatable bonds is 5. The maximum atomic E-state index is 5.65. The molecule has 1 atom stereocenters. The van der Waals surface area contributed by atoms with E-state index in [1.807, 2.05) is 0 Å². The molecule has 5 nitrogen and oxygen atoms in total. The largest absolute Gasteiger partial charge is 0.378 e. The van der Waals surface area contributed by atoms with E-state index in [0.29, 0.717) is 18.5 Å². The summed E-state index contributed by atoms with van der Waals surface area (Å²) >= 11 is 0. The van der Waals surface area contributed by atoms with Crippen LogP contribution in [0, 0.1) is 0 Å². The highest BCUT2D eigenvalue weighted by Gasteiger charge is 2.17. The molecule has 1 aliphatic heterocycles. The molecule has 1 fully saturated rings. The zero-order valence-electron chi connectivity index (χ0n) is 10.6. The average molecular weight is 239 g/mol. The van der Waals surface area contributed by atoms with Crippen LogP contribution in [0.25, 0.3) is 0 Å². The van der Waals surface area contributed by atoms with Gasteiger partial charge in [-0.25, -0.2) is 0 Å². The van der Waals surface area contributed by atoms with Crippen molar-refractivity contribution >= 4 is 0 Å². The van der Waals surface area contributed by atoms with Crippen molar-refractivity contribution in [3.05, 3.63) is 11.7 Å². The zero-order chi connectivity index (χ0) is 12.1. The Hall–Kier alpha value is -0.940. The minimum Gasteiger partial charge on any atom is -0.378 e. The van der Waals surface area contributed by atoms with Gasteiger partial charge in [0.15, 0.2) is 5.82 Å². The summed E-state index contributed by atoms with van der Waals surface area (Å²) in [6.45, 7) is 5.71. The summed E-state index contributed by atoms with van der Waals surface area (Å²) in [6.07, 6.45) is 4.51. The molecule has 0 amide bonds. The molecule has 0 bridgehead atoms. The van der Waals surface area contributed by atoms with Gasteiger partial charge in [-0.05, 0) is 19.3 Å². The van der Waals surface area contributed by atoms with E-state index in [2.05, 4.69) is 29.3 Å². The highest BCUT2D eigenvalue weighted by atomic mass is 16.5. The molecule has 2 heterocycles. The van der Waals surface area contributed by atoms with Crippen LogP contribution in [0.5, 0.6) is 0 Å². The van der Waals surface area contributed by atoms with Crippen molar-refractivity contribution in [1.29, 1.82) is 0 Å². The minimum atomic E-state index is 0.259. The quantitative estimate of drug-likeness (QED) is 0.847. The summed E-state index contributed by atoms with van der Waals surface area (Å²) in [5.74, 6) is 1.42. The van der Waals surface area contributed by atoms with Crippen LogP contribution in [-0.4, -0.2) is 28.9 Å². The second kappa shape index (κ2) is 6.12. The molecule has 2 rings (SSSR count). The molecule has 0 aliphatic carbocycles. The molecule has 17 heavy (non-hydrogen) atoms. The fourth-order valence-electron chi connectivity index (χ4n) is 1.90. The van der Waals surface area contributed by atoms with Crippen LogP contribution in [0.1, 0.15) is 44.8 Å². The van der Waals surface area contributed by atoms with Crippen LogP contribution in [0.4, 0.5) is 0 Å². The fourth-order valence-corrected chi connectivity index (χ4v) is 1.90. The third kappa shape index (κ3) is 4.09. The molecule has 1 saturated heterocycles. The first-order valence-electron chi connectivity index (χ1n) is 6.40. The van der Waals surface area contributed by atoms with Crippen molar-refractivity contribution in [3.8, 4) is 0 Å². The van der Waals surface area contributed by atoms with Crippen molar-refractivity contribution in [3.63, 3.8) is 0 Å². The van der Waals surface area contributed by atoms with Crippen molar-refractivity contribution in [2.75, 3.05) is 6.61 Å². The molecule has 0 spiro atoms. The summed E-state index contributed by atoms with van der Waals surface area (Å²) in [5.41, 5.74) is 0. The van der Waals surface area contributed by atoms with Gasteiger partial charge in [-0.2, -0.15) is 4.98 Å². The van der Waals surface area contributed by atoms with Gasteiger partial charge in [0, 0.05) is 12.6 Å². The van der Waals surface area contributed by atoms with Gasteiger partial charge in [0.1, 0.15) is 0 Å². The monoisotopic (exact) mass is 239 g/mol. The van der Waals surface area contributed by atoms with E-state index in [1.54, 1.807) is 0 Å². The summed E-state index contributed by atoms with van der Waals surface area (Å²) in [5, 5.41) is 7.21. The van der Waals surface area contributed by atoms with E-state index < -0.39 is 0 Å². The Labute approximate surface area is 102 Å². The first kappa shape index (κ1) is 12.5. The molecule has 1 N–H and O–H groups in total. The average Bonchev–Trinajstić information content (AvgIpc) is 2.75. The number of nitrogens with one attached hydrogen (secondary N) is 1. The Morgan fingerprint density at radius 1 is 1.41 bits per heavy atom. The van der Waals surface area contributed by atoms with Crippen molar-refractivity contribution in [2.24, 2.45) is 0 Å². The SMILES string of the molecule is CC(C)NCc1noc(CC2CCCCO2)n1. The molecule has 0 aromatic carbocycles. The second-order valence-corrected chi connectivity index (χ2v) is 4.83. The van der Waals surface area contributed by atoms with Crippen LogP contribution in [-0.2, 0) is 17.7 Å². The fraction of sp³-hybridized carbons (Fsp3) is 0.833. The second-order valence-electron chi connectivity index (χ2n) is 4.83. The van der Waals surface area contributed by atoms with Gasteiger partial charge in [-0.3, -0.25) is 0 Å². The Morgan fingerprint density at radius 3 is 3.00 bits per heavy atom. The summed E-state index contributed by atoms with van der Waals surface area (Å²) in [4.78, 5) is 4.36. The van der Waals surface area contributed by atoms with E-state index >= 15 is 0 Å². The molecule has 1 aromatic heterocycles. The van der Waals surface area contributed by atoms with Gasteiger partial charge >= 0.3 is 0 Å². The molecule has 1 unspecified atom stereocenters. The minimum absolute atomic E-state index is 0.259. The Morgan fingerprint density at radius 2 is 2.29 bits per heavy atom. The van der Waals surface area contributed by atoms with Gasteiger partial charge < -0.3 is 14.6 Å². The highest BCUT2D eigenvalue weighted by Crippen LogP contribution is 2.16. The number of aromatic nitrogens is 2. The first-order valence-corrected chi connectivity index (χ1v) is 6.40. The molecule has 1 aromatic rings. The number of nitrogens with zero attached hydrogens (tertiary/aromatic N) is 2. The molecule has 0 radical (unpaired) electrons. The Kier molecular flexibility index (Phi) is 4.50. The molecular formula is C12H21N3O2. The molecular weight excluding hydrogens is 218 g/mol. The topological polar surface area (TPSA) is 60.2 Å². The number of ether oxygens (including phenoxy) is 1. The maximum absolute atomic E-state index is 5.65. The van der Waals surface area contributed by atoms with Gasteiger partial charge in [0.2, 0.25) is 5.89 Å². The molecule has 5 heteroatoms. The van der Waals surface area contributed by atoms with E-state index in [1.165, 1.54) is 12.8 Å². The first-order chi connectivity index (χ1) is 8.24. The smallest absolute Gasteiger partial charge is 0.229 e. The van der Waals surface area contributed by atoms with Gasteiger partial charge in [0.25, 0.3) is 0 Å². The third-order valence-corrected chi connectivity index (χ3v) is 2.85. The van der Waals surface area contributed by atoms with Crippen molar-refractivity contribution < 1.29 is 9.26 Å². The summed E-state index contributed by atoms with van der Waals surface area (Å²) in [7, 11) is 0. The third-order valence-electron chi connectivity index (χ3n) is 2.85. The highest BCUT2D eigenvalue weighted by molar-refractivity contribution is 4.88. The van der Waals surface area contributed by atoms with Crippen LogP contribution >= 0.6 is 0 Å². The lowest BCUT2D eigenvalue weighted by Gasteiger charge is -2.20. The summed E-state index contributed by atoms with van der Waals surface area (Å²) < 4.78 is 10.9. The number of hydrogen-bond donors (Lipinski definition) is 1. The lowest BCUT2D eigenvalue weighted by molar-refractivity contribution is 0.0124. The van der Waals surface area contributed by atoms with Crippen LogP contribution < -0.4 is 5.32 Å². The Balaban J connectivity index is 1.80. The van der Waals surface area contributed by atoms with Gasteiger partial charge in [0.05, 0.1) is 19.1 Å². The predicted molar refractivity (Wildman–Crippen MR) is 63.6 cm³/mol. The van der Waals surface area contributed by atoms with Crippen LogP contribution in [0.15, 0.2) is 4.52 Å². The van der Waals surface area contributed by atoms with E-state index in [9.17, 15) is 0 Å². The van der Waals surface area contributed by atoms with E-state index in [4.69, 9.17) is 9.26 Å². The lowest BCUT2D eigenvalue weighted by atomic mass is 10.1. The van der Waals surface area contributed by atoms with E-state index in [0.717, 1.165) is 25.3 Å². The number of hydrogen-bond acceptors (Lipinski definition) is 5. The van der Waals surface area contributed by atoms with Crippen LogP contribution in [0.3, 0.4) is 0 Å². The zero-order valence-corrected chi connectivity index (χ0v) is 10.6. The predicted octanol–water partition coefficient (Wildman–Crippen LogP) is 1.68. The van der Waals surface area contributed by atoms with Crippen molar-refractivity contribution in [2.45, 2.75) is 58.2 Å². The summed E-state index contributed by atoms with van der Waals surface area (Å²) in [6, 6.07) is 0.429. The molecule has 0 saturated carbocycles. The van der Waals surface area contributed by atoms with Gasteiger partial charge in [-0.15, -0.1) is 0 Å². The molecule has 96 valence electrons. The van der Waals surface area contributed by atoms with E-state index in [-0.39, 0.29) is 6.10 Å². The molecule has 1 aliphatic rings. The van der Waals surface area contributed by atoms with Crippen molar-refractivity contribution in [1.82, 2.24) is 15.5 Å². The lowest BCUT2D eigenvalue weighted by Crippen LogP contribution is -2.23. The maximum Gasteiger partial charge on any atom is 0.229 e. The van der Waals surface area contributed by atoms with Gasteiger partial charge in [-0.1, -0.05) is 19.0 Å². The normalized spacial score (nSPS) is 21.0. The standard InChI is InChI=1S/C12H21N3O2/c1-9(2)13-8-11-14-12(17-15-11)7-10-5-3-4-6-16-10/h9-10,13H,3-8H2,1-2H3. The Bertz CT molecular complexity index is 332. The van der Waals surface area contributed by atoms with Crippen LogP contribution in [0.2, 0.25) is 0 Å².